The molecule has 1 saturated heterocycles. The first-order chi connectivity index (χ1) is 18.6. The van der Waals surface area contributed by atoms with Crippen LogP contribution < -0.4 is 24.8 Å². The lowest BCUT2D eigenvalue weighted by Crippen LogP contribution is -2.33. The molecule has 1 fully saturated rings. The molecule has 11 heteroatoms. The molecular formula is C27H31N7O4. The number of nitrogens with one attached hydrogen (secondary N) is 2. The zero-order chi connectivity index (χ0) is 26.5. The summed E-state index contributed by atoms with van der Waals surface area (Å²) in [5.41, 5.74) is 1.67. The first kappa shape index (κ1) is 25.3. The van der Waals surface area contributed by atoms with Crippen molar-refractivity contribution in [3.63, 3.8) is 0 Å². The maximum atomic E-state index is 12.7. The van der Waals surface area contributed by atoms with Crippen molar-refractivity contribution in [2.24, 2.45) is 0 Å². The van der Waals surface area contributed by atoms with E-state index in [1.165, 1.54) is 12.8 Å². The molecule has 38 heavy (non-hydrogen) atoms. The summed E-state index contributed by atoms with van der Waals surface area (Å²) in [5, 5.41) is 7.02. The number of likely N-dealkylation sites (tertiary alicyclic amines) is 1. The lowest BCUT2D eigenvalue weighted by Gasteiger charge is -2.15. The van der Waals surface area contributed by atoms with Crippen LogP contribution in [0, 0.1) is 0 Å². The van der Waals surface area contributed by atoms with E-state index in [0.29, 0.717) is 52.6 Å². The number of carbonyl (C=O) groups is 1. The Labute approximate surface area is 220 Å². The van der Waals surface area contributed by atoms with E-state index in [1.807, 2.05) is 29.0 Å². The third-order valence-corrected chi connectivity index (χ3v) is 6.47. The number of fused-ring (bicyclic) bond motifs is 1. The van der Waals surface area contributed by atoms with Crippen LogP contribution in [0.2, 0.25) is 0 Å². The van der Waals surface area contributed by atoms with Crippen LogP contribution in [-0.4, -0.2) is 77.8 Å². The summed E-state index contributed by atoms with van der Waals surface area (Å²) in [4.78, 5) is 28.9. The van der Waals surface area contributed by atoms with Crippen LogP contribution in [0.4, 0.5) is 11.6 Å². The minimum Gasteiger partial charge on any atom is -0.493 e. The maximum absolute atomic E-state index is 12.7. The van der Waals surface area contributed by atoms with Crippen molar-refractivity contribution >= 4 is 28.6 Å². The number of hydrogen-bond donors (Lipinski definition) is 2. The highest BCUT2D eigenvalue weighted by Crippen LogP contribution is 2.40. The number of methoxy groups -OCH3 is 3. The normalized spacial score (nSPS) is 13.4. The summed E-state index contributed by atoms with van der Waals surface area (Å²) in [5.74, 6) is 2.29. The third-order valence-electron chi connectivity index (χ3n) is 6.47. The van der Waals surface area contributed by atoms with Gasteiger partial charge in [0.1, 0.15) is 11.5 Å². The SMILES string of the molecule is COc1cc(Nc2ncc3ccn(-c4cccc(C(=O)NCCN5CCCC5)n4)c3n2)cc(OC)c1OC. The molecule has 1 aliphatic heterocycles. The molecule has 11 nitrogen and oxygen atoms in total. The maximum Gasteiger partial charge on any atom is 0.270 e. The van der Waals surface area contributed by atoms with Gasteiger partial charge < -0.3 is 29.7 Å². The average Bonchev–Trinajstić information content (AvgIpc) is 3.62. The van der Waals surface area contributed by atoms with E-state index in [4.69, 9.17) is 19.2 Å². The van der Waals surface area contributed by atoms with Crippen molar-refractivity contribution in [3.8, 4) is 23.1 Å². The number of aromatic nitrogens is 4. The minimum absolute atomic E-state index is 0.193. The molecule has 1 amide bonds. The van der Waals surface area contributed by atoms with Crippen LogP contribution in [0.1, 0.15) is 23.3 Å². The smallest absolute Gasteiger partial charge is 0.270 e. The fourth-order valence-corrected chi connectivity index (χ4v) is 4.55. The van der Waals surface area contributed by atoms with Crippen molar-refractivity contribution in [3.05, 3.63) is 54.5 Å². The van der Waals surface area contributed by atoms with E-state index in [2.05, 4.69) is 25.5 Å². The molecule has 4 aromatic rings. The van der Waals surface area contributed by atoms with Crippen LogP contribution in [0.3, 0.4) is 0 Å². The quantitative estimate of drug-likeness (QED) is 0.326. The monoisotopic (exact) mass is 517 g/mol. The lowest BCUT2D eigenvalue weighted by atomic mass is 10.2. The van der Waals surface area contributed by atoms with Gasteiger partial charge >= 0.3 is 0 Å². The van der Waals surface area contributed by atoms with Crippen molar-refractivity contribution < 1.29 is 19.0 Å². The second-order valence-electron chi connectivity index (χ2n) is 8.88. The third kappa shape index (κ3) is 5.32. The van der Waals surface area contributed by atoms with Gasteiger partial charge in [0, 0.05) is 48.7 Å². The molecule has 0 spiro atoms. The van der Waals surface area contributed by atoms with E-state index in [9.17, 15) is 4.79 Å². The summed E-state index contributed by atoms with van der Waals surface area (Å²) < 4.78 is 18.1. The Kier molecular flexibility index (Phi) is 7.55. The highest BCUT2D eigenvalue weighted by Gasteiger charge is 2.16. The molecule has 0 radical (unpaired) electrons. The number of pyridine rings is 1. The van der Waals surface area contributed by atoms with Gasteiger partial charge in [0.25, 0.3) is 5.91 Å². The van der Waals surface area contributed by atoms with Crippen LogP contribution in [0.25, 0.3) is 16.9 Å². The molecule has 0 atom stereocenters. The van der Waals surface area contributed by atoms with Crippen molar-refractivity contribution in [1.29, 1.82) is 0 Å². The topological polar surface area (TPSA) is 116 Å². The summed E-state index contributed by atoms with van der Waals surface area (Å²) in [6.07, 6.45) is 6.05. The molecule has 4 heterocycles. The number of rotatable bonds is 10. The van der Waals surface area contributed by atoms with E-state index >= 15 is 0 Å². The second-order valence-corrected chi connectivity index (χ2v) is 8.88. The zero-order valence-electron chi connectivity index (χ0n) is 21.7. The standard InChI is InChI=1S/C27H31N7O4/c1-36-21-15-19(16-22(37-2)24(21)38-3)30-27-29-17-18-9-13-34(25(18)32-27)23-8-6-7-20(31-23)26(35)28-10-14-33-11-4-5-12-33/h6-9,13,15-17H,4-5,10-12,14H2,1-3H3,(H,28,35)(H,29,30,32). The van der Waals surface area contributed by atoms with Crippen molar-refractivity contribution in [2.75, 3.05) is 52.8 Å². The molecule has 1 aromatic carbocycles. The molecule has 198 valence electrons. The zero-order valence-corrected chi connectivity index (χ0v) is 21.7. The van der Waals surface area contributed by atoms with Gasteiger partial charge in [0.2, 0.25) is 11.7 Å². The molecule has 0 unspecified atom stereocenters. The number of benzene rings is 1. The van der Waals surface area contributed by atoms with Crippen LogP contribution in [0.5, 0.6) is 17.2 Å². The number of anilines is 2. The van der Waals surface area contributed by atoms with E-state index in [1.54, 1.807) is 45.7 Å². The summed E-state index contributed by atoms with van der Waals surface area (Å²) in [6.45, 7) is 3.65. The molecule has 2 N–H and O–H groups in total. The average molecular weight is 518 g/mol. The van der Waals surface area contributed by atoms with Gasteiger partial charge in [0.15, 0.2) is 17.1 Å². The minimum atomic E-state index is -0.193. The predicted octanol–water partition coefficient (Wildman–Crippen LogP) is 3.41. The Morgan fingerprint density at radius 3 is 2.47 bits per heavy atom. The number of hydrogen-bond acceptors (Lipinski definition) is 9. The van der Waals surface area contributed by atoms with Gasteiger partial charge in [-0.2, -0.15) is 4.98 Å². The Morgan fingerprint density at radius 2 is 1.76 bits per heavy atom. The number of carbonyl (C=O) groups excluding carboxylic acids is 1. The first-order valence-corrected chi connectivity index (χ1v) is 12.5. The van der Waals surface area contributed by atoms with Gasteiger partial charge in [-0.1, -0.05) is 6.07 Å². The second kappa shape index (κ2) is 11.3. The number of amides is 1. The highest BCUT2D eigenvalue weighted by molar-refractivity contribution is 5.92. The van der Waals surface area contributed by atoms with Crippen molar-refractivity contribution in [1.82, 2.24) is 29.7 Å². The van der Waals surface area contributed by atoms with Crippen molar-refractivity contribution in [2.45, 2.75) is 12.8 Å². The first-order valence-electron chi connectivity index (χ1n) is 12.5. The molecule has 0 saturated carbocycles. The summed E-state index contributed by atoms with van der Waals surface area (Å²) in [7, 11) is 4.68. The van der Waals surface area contributed by atoms with Gasteiger partial charge in [-0.15, -0.1) is 0 Å². The number of ether oxygens (including phenoxy) is 3. The molecule has 3 aromatic heterocycles. The molecule has 1 aliphatic rings. The van der Waals surface area contributed by atoms with Gasteiger partial charge in [0.05, 0.1) is 21.3 Å². The largest absolute Gasteiger partial charge is 0.493 e. The Hall–Kier alpha value is -4.38. The predicted molar refractivity (Wildman–Crippen MR) is 144 cm³/mol. The van der Waals surface area contributed by atoms with Crippen LogP contribution in [-0.2, 0) is 0 Å². The van der Waals surface area contributed by atoms with Gasteiger partial charge in [-0.3, -0.25) is 9.36 Å². The lowest BCUT2D eigenvalue weighted by molar-refractivity contribution is 0.0944. The summed E-state index contributed by atoms with van der Waals surface area (Å²) in [6, 6.07) is 10.8. The van der Waals surface area contributed by atoms with Crippen LogP contribution >= 0.6 is 0 Å². The molecule has 0 bridgehead atoms. The molecular weight excluding hydrogens is 486 g/mol. The van der Waals surface area contributed by atoms with Crippen LogP contribution in [0.15, 0.2) is 48.8 Å². The number of nitrogens with zero attached hydrogens (tertiary/aromatic N) is 5. The van der Waals surface area contributed by atoms with E-state index < -0.39 is 0 Å². The summed E-state index contributed by atoms with van der Waals surface area (Å²) >= 11 is 0. The van der Waals surface area contributed by atoms with E-state index in [0.717, 1.165) is 25.0 Å². The van der Waals surface area contributed by atoms with Gasteiger partial charge in [-0.25, -0.2) is 9.97 Å². The Bertz CT molecular complexity index is 1410. The molecule has 5 rings (SSSR count). The highest BCUT2D eigenvalue weighted by atomic mass is 16.5. The Balaban J connectivity index is 1.36. The fourth-order valence-electron chi connectivity index (χ4n) is 4.55. The van der Waals surface area contributed by atoms with E-state index in [-0.39, 0.29) is 5.91 Å². The fraction of sp³-hybridized carbons (Fsp3) is 0.333. The Morgan fingerprint density at radius 1 is 1.00 bits per heavy atom. The van der Waals surface area contributed by atoms with Gasteiger partial charge in [-0.05, 0) is 44.1 Å². The molecule has 0 aliphatic carbocycles.